The van der Waals surface area contributed by atoms with Gasteiger partial charge in [0.1, 0.15) is 11.2 Å². The van der Waals surface area contributed by atoms with E-state index in [1.807, 2.05) is 0 Å². The predicted molar refractivity (Wildman–Crippen MR) is 46.0 cm³/mol. The van der Waals surface area contributed by atoms with Crippen molar-refractivity contribution in [2.75, 3.05) is 6.61 Å². The smallest absolute Gasteiger partial charge is 0.319 e. The molecule has 2 saturated carbocycles. The number of esters is 1. The summed E-state index contributed by atoms with van der Waals surface area (Å²) in [6.45, 7) is 2.15. The molecule has 0 N–H and O–H groups in total. The number of hydrogen-bond acceptors (Lipinski definition) is 3. The molecule has 2 bridgehead atoms. The van der Waals surface area contributed by atoms with Crippen molar-refractivity contribution in [1.82, 2.24) is 0 Å². The number of ether oxygens (including phenoxy) is 1. The third kappa shape index (κ3) is 1.10. The van der Waals surface area contributed by atoms with Gasteiger partial charge in [-0.1, -0.05) is 0 Å². The Bertz CT molecular complexity index is 259. The maximum atomic E-state index is 11.6. The minimum Gasteiger partial charge on any atom is -0.465 e. The zero-order chi connectivity index (χ0) is 9.47. The van der Waals surface area contributed by atoms with E-state index in [1.165, 1.54) is 0 Å². The molecule has 2 aliphatic rings. The molecule has 3 heteroatoms. The Labute approximate surface area is 77.4 Å². The summed E-state index contributed by atoms with van der Waals surface area (Å²) in [7, 11) is 0. The molecule has 2 unspecified atom stereocenters. The molecule has 2 atom stereocenters. The van der Waals surface area contributed by atoms with Crippen molar-refractivity contribution in [3.8, 4) is 0 Å². The molecule has 0 aliphatic heterocycles. The van der Waals surface area contributed by atoms with Gasteiger partial charge < -0.3 is 4.74 Å². The van der Waals surface area contributed by atoms with E-state index in [0.29, 0.717) is 18.9 Å². The summed E-state index contributed by atoms with van der Waals surface area (Å²) in [4.78, 5) is 23.2. The van der Waals surface area contributed by atoms with Gasteiger partial charge >= 0.3 is 5.97 Å². The lowest BCUT2D eigenvalue weighted by atomic mass is 9.83. The summed E-state index contributed by atoms with van der Waals surface area (Å²) in [5.41, 5.74) is -0.722. The molecule has 0 radical (unpaired) electrons. The van der Waals surface area contributed by atoms with Crippen molar-refractivity contribution >= 4 is 11.8 Å². The van der Waals surface area contributed by atoms with E-state index >= 15 is 0 Å². The van der Waals surface area contributed by atoms with Crippen molar-refractivity contribution in [3.05, 3.63) is 0 Å². The van der Waals surface area contributed by atoms with Crippen LogP contribution in [0.1, 0.15) is 32.6 Å². The van der Waals surface area contributed by atoms with Crippen LogP contribution in [0, 0.1) is 11.3 Å². The molecule has 0 heterocycles. The second-order valence-corrected chi connectivity index (χ2v) is 4.04. The van der Waals surface area contributed by atoms with Gasteiger partial charge in [-0.2, -0.15) is 0 Å². The Kier molecular flexibility index (Phi) is 1.90. The number of Topliss-reactive ketones (excluding diaryl/α,β-unsaturated/α-hetero) is 1. The predicted octanol–water partition coefficient (Wildman–Crippen LogP) is 1.31. The second-order valence-electron chi connectivity index (χ2n) is 4.04. The van der Waals surface area contributed by atoms with Gasteiger partial charge in [0.15, 0.2) is 0 Å². The van der Waals surface area contributed by atoms with Gasteiger partial charge in [-0.25, -0.2) is 0 Å². The SMILES string of the molecule is CCOC(=O)C12CCC(CC1=O)C2. The van der Waals surface area contributed by atoms with Gasteiger partial charge in [0.25, 0.3) is 0 Å². The first-order chi connectivity index (χ1) is 6.19. The van der Waals surface area contributed by atoms with Crippen molar-refractivity contribution in [2.45, 2.75) is 32.6 Å². The van der Waals surface area contributed by atoms with Crippen molar-refractivity contribution in [3.63, 3.8) is 0 Å². The van der Waals surface area contributed by atoms with E-state index in [9.17, 15) is 9.59 Å². The lowest BCUT2D eigenvalue weighted by Gasteiger charge is -2.21. The minimum absolute atomic E-state index is 0.113. The largest absolute Gasteiger partial charge is 0.465 e. The molecule has 13 heavy (non-hydrogen) atoms. The Morgan fingerprint density at radius 3 is 2.92 bits per heavy atom. The molecule has 0 aromatic rings. The number of fused-ring (bicyclic) bond motifs is 2. The fourth-order valence-electron chi connectivity index (χ4n) is 2.60. The van der Waals surface area contributed by atoms with E-state index in [0.717, 1.165) is 19.3 Å². The van der Waals surface area contributed by atoms with Gasteiger partial charge in [0.05, 0.1) is 6.61 Å². The van der Waals surface area contributed by atoms with Gasteiger partial charge in [0.2, 0.25) is 0 Å². The maximum Gasteiger partial charge on any atom is 0.319 e. The van der Waals surface area contributed by atoms with Gasteiger partial charge in [-0.3, -0.25) is 9.59 Å². The molecule has 0 amide bonds. The van der Waals surface area contributed by atoms with Crippen LogP contribution in [-0.4, -0.2) is 18.4 Å². The van der Waals surface area contributed by atoms with Crippen molar-refractivity contribution in [2.24, 2.45) is 11.3 Å². The summed E-state index contributed by atoms with van der Waals surface area (Å²) >= 11 is 0. The Morgan fingerprint density at radius 2 is 2.46 bits per heavy atom. The van der Waals surface area contributed by atoms with Crippen LogP contribution >= 0.6 is 0 Å². The first-order valence-corrected chi connectivity index (χ1v) is 4.89. The maximum absolute atomic E-state index is 11.6. The normalized spacial score (nSPS) is 36.7. The van der Waals surface area contributed by atoms with E-state index < -0.39 is 5.41 Å². The van der Waals surface area contributed by atoms with Crippen LogP contribution in [0.5, 0.6) is 0 Å². The number of ketones is 1. The zero-order valence-electron chi connectivity index (χ0n) is 7.84. The molecule has 72 valence electrons. The monoisotopic (exact) mass is 182 g/mol. The number of carbonyl (C=O) groups excluding carboxylic acids is 2. The van der Waals surface area contributed by atoms with Crippen LogP contribution in [-0.2, 0) is 14.3 Å². The summed E-state index contributed by atoms with van der Waals surface area (Å²) in [6, 6.07) is 0. The Balaban J connectivity index is 2.19. The Morgan fingerprint density at radius 1 is 1.69 bits per heavy atom. The van der Waals surface area contributed by atoms with Crippen LogP contribution in [0.4, 0.5) is 0 Å². The lowest BCUT2D eigenvalue weighted by Crippen LogP contribution is -2.36. The fraction of sp³-hybridized carbons (Fsp3) is 0.800. The van der Waals surface area contributed by atoms with E-state index in [1.54, 1.807) is 6.92 Å². The van der Waals surface area contributed by atoms with Gasteiger partial charge in [-0.05, 0) is 32.1 Å². The summed E-state index contributed by atoms with van der Waals surface area (Å²) < 4.78 is 4.96. The highest BCUT2D eigenvalue weighted by atomic mass is 16.5. The van der Waals surface area contributed by atoms with Crippen LogP contribution in [0.3, 0.4) is 0 Å². The lowest BCUT2D eigenvalue weighted by molar-refractivity contribution is -0.158. The quantitative estimate of drug-likeness (QED) is 0.477. The highest BCUT2D eigenvalue weighted by molar-refractivity contribution is 6.06. The first kappa shape index (κ1) is 8.73. The average Bonchev–Trinajstić information content (AvgIpc) is 2.62. The molecule has 2 fully saturated rings. The van der Waals surface area contributed by atoms with Gasteiger partial charge in [-0.15, -0.1) is 0 Å². The highest BCUT2D eigenvalue weighted by Crippen LogP contribution is 2.52. The van der Waals surface area contributed by atoms with E-state index in [2.05, 4.69) is 0 Å². The van der Waals surface area contributed by atoms with Crippen LogP contribution in [0.2, 0.25) is 0 Å². The second kappa shape index (κ2) is 2.82. The van der Waals surface area contributed by atoms with Crippen LogP contribution in [0.15, 0.2) is 0 Å². The zero-order valence-corrected chi connectivity index (χ0v) is 7.84. The molecular formula is C10H14O3. The third-order valence-electron chi connectivity index (χ3n) is 3.29. The summed E-state index contributed by atoms with van der Waals surface area (Å²) in [5, 5.41) is 0. The number of hydrogen-bond donors (Lipinski definition) is 0. The molecule has 2 rings (SSSR count). The fourth-order valence-corrected chi connectivity index (χ4v) is 2.60. The first-order valence-electron chi connectivity index (χ1n) is 4.89. The average molecular weight is 182 g/mol. The van der Waals surface area contributed by atoms with Crippen LogP contribution in [0.25, 0.3) is 0 Å². The van der Waals surface area contributed by atoms with Crippen molar-refractivity contribution < 1.29 is 14.3 Å². The molecule has 0 spiro atoms. The van der Waals surface area contributed by atoms with E-state index in [4.69, 9.17) is 4.74 Å². The molecule has 0 aromatic heterocycles. The summed E-state index contributed by atoms with van der Waals surface area (Å²) in [5.74, 6) is 0.291. The highest BCUT2D eigenvalue weighted by Gasteiger charge is 2.57. The van der Waals surface area contributed by atoms with Crippen LogP contribution < -0.4 is 0 Å². The Hall–Kier alpha value is -0.860. The molecular weight excluding hydrogens is 168 g/mol. The van der Waals surface area contributed by atoms with Crippen molar-refractivity contribution in [1.29, 1.82) is 0 Å². The topological polar surface area (TPSA) is 43.4 Å². The minimum atomic E-state index is -0.722. The molecule has 0 saturated heterocycles. The van der Waals surface area contributed by atoms with Gasteiger partial charge in [0, 0.05) is 6.42 Å². The summed E-state index contributed by atoms with van der Waals surface area (Å²) in [6.07, 6.45) is 3.07. The third-order valence-corrected chi connectivity index (χ3v) is 3.29. The number of carbonyl (C=O) groups is 2. The molecule has 3 nitrogen and oxygen atoms in total. The molecule has 0 aromatic carbocycles. The molecule has 2 aliphatic carbocycles. The number of rotatable bonds is 2. The van der Waals surface area contributed by atoms with E-state index in [-0.39, 0.29) is 11.8 Å². The standard InChI is InChI=1S/C10H14O3/c1-2-13-9(12)10-4-3-7(6-10)5-8(10)11/h7H,2-6H2,1H3.